The Morgan fingerprint density at radius 1 is 1.47 bits per heavy atom. The molecule has 0 spiro atoms. The van der Waals surface area contributed by atoms with E-state index >= 15 is 0 Å². The summed E-state index contributed by atoms with van der Waals surface area (Å²) < 4.78 is 6.67. The van der Waals surface area contributed by atoms with Crippen LogP contribution < -0.4 is 0 Å². The van der Waals surface area contributed by atoms with E-state index in [9.17, 15) is 0 Å². The molecule has 0 aliphatic rings. The van der Waals surface area contributed by atoms with Crippen molar-refractivity contribution in [2.45, 2.75) is 33.7 Å². The molecule has 2 rings (SSSR count). The van der Waals surface area contributed by atoms with Gasteiger partial charge < -0.3 is 0 Å². The SMILES string of the molecule is CCc1nnsc1-c1n[nH]c(=S)n1CC(C)C. The number of aryl methyl sites for hydroxylation is 1. The summed E-state index contributed by atoms with van der Waals surface area (Å²) >= 11 is 6.62. The van der Waals surface area contributed by atoms with Crippen molar-refractivity contribution < 1.29 is 0 Å². The molecule has 0 atom stereocenters. The molecular weight excluding hydrogens is 254 g/mol. The van der Waals surface area contributed by atoms with E-state index in [0.29, 0.717) is 10.7 Å². The molecule has 0 saturated heterocycles. The van der Waals surface area contributed by atoms with Gasteiger partial charge in [0.15, 0.2) is 10.6 Å². The maximum absolute atomic E-state index is 5.25. The third-order valence-electron chi connectivity index (χ3n) is 2.40. The molecule has 1 N–H and O–H groups in total. The molecule has 0 bridgehead atoms. The first kappa shape index (κ1) is 12.4. The van der Waals surface area contributed by atoms with Crippen LogP contribution in [0.15, 0.2) is 0 Å². The van der Waals surface area contributed by atoms with Crippen LogP contribution in [0.5, 0.6) is 0 Å². The van der Waals surface area contributed by atoms with Crippen molar-refractivity contribution in [3.63, 3.8) is 0 Å². The molecule has 0 radical (unpaired) electrons. The predicted octanol–water partition coefficient (Wildman–Crippen LogP) is 2.68. The third kappa shape index (κ3) is 2.44. The molecule has 7 heteroatoms. The highest BCUT2D eigenvalue weighted by atomic mass is 32.1. The van der Waals surface area contributed by atoms with Gasteiger partial charge in [0.1, 0.15) is 4.88 Å². The quantitative estimate of drug-likeness (QED) is 0.867. The van der Waals surface area contributed by atoms with Crippen LogP contribution in [0.4, 0.5) is 0 Å². The van der Waals surface area contributed by atoms with E-state index in [2.05, 4.69) is 40.6 Å². The summed E-state index contributed by atoms with van der Waals surface area (Å²) in [5, 5.41) is 11.3. The summed E-state index contributed by atoms with van der Waals surface area (Å²) in [6.45, 7) is 7.23. The maximum atomic E-state index is 5.25. The Bertz CT molecular complexity index is 551. The van der Waals surface area contributed by atoms with Gasteiger partial charge in [-0.25, -0.2) is 0 Å². The van der Waals surface area contributed by atoms with Crippen LogP contribution in [0.3, 0.4) is 0 Å². The van der Waals surface area contributed by atoms with Crippen molar-refractivity contribution in [3.8, 4) is 10.7 Å². The summed E-state index contributed by atoms with van der Waals surface area (Å²) in [6, 6.07) is 0. The van der Waals surface area contributed by atoms with Crippen LogP contribution in [0.25, 0.3) is 10.7 Å². The van der Waals surface area contributed by atoms with Gasteiger partial charge >= 0.3 is 0 Å². The number of rotatable bonds is 4. The molecular formula is C10H15N5S2. The lowest BCUT2D eigenvalue weighted by Crippen LogP contribution is -2.06. The first-order valence-corrected chi connectivity index (χ1v) is 6.78. The van der Waals surface area contributed by atoms with Crippen LogP contribution in [0.1, 0.15) is 26.5 Å². The fraction of sp³-hybridized carbons (Fsp3) is 0.600. The largest absolute Gasteiger partial charge is 0.299 e. The highest BCUT2D eigenvalue weighted by Gasteiger charge is 2.16. The minimum Gasteiger partial charge on any atom is -0.299 e. The van der Waals surface area contributed by atoms with Gasteiger partial charge in [0.25, 0.3) is 0 Å². The molecule has 17 heavy (non-hydrogen) atoms. The van der Waals surface area contributed by atoms with Gasteiger partial charge in [-0.3, -0.25) is 9.67 Å². The van der Waals surface area contributed by atoms with E-state index in [0.717, 1.165) is 29.4 Å². The van der Waals surface area contributed by atoms with E-state index in [4.69, 9.17) is 12.2 Å². The molecule has 0 aliphatic heterocycles. The average Bonchev–Trinajstić information content (AvgIpc) is 2.86. The van der Waals surface area contributed by atoms with Crippen LogP contribution >= 0.6 is 23.8 Å². The Morgan fingerprint density at radius 2 is 2.24 bits per heavy atom. The number of nitrogens with one attached hydrogen (secondary N) is 1. The van der Waals surface area contributed by atoms with E-state index in [1.54, 1.807) is 0 Å². The molecule has 0 aliphatic carbocycles. The molecule has 2 heterocycles. The minimum absolute atomic E-state index is 0.518. The zero-order valence-electron chi connectivity index (χ0n) is 10.1. The number of aromatic amines is 1. The molecule has 0 unspecified atom stereocenters. The lowest BCUT2D eigenvalue weighted by molar-refractivity contribution is 0.521. The summed E-state index contributed by atoms with van der Waals surface area (Å²) in [7, 11) is 0. The zero-order chi connectivity index (χ0) is 12.4. The van der Waals surface area contributed by atoms with Crippen molar-refractivity contribution in [3.05, 3.63) is 10.5 Å². The van der Waals surface area contributed by atoms with E-state index in [-0.39, 0.29) is 0 Å². The Kier molecular flexibility index (Phi) is 3.68. The fourth-order valence-corrected chi connectivity index (χ4v) is 2.59. The monoisotopic (exact) mass is 269 g/mol. The standard InChI is InChI=1S/C10H15N5S2/c1-4-7-8(17-14-11-7)9-12-13-10(16)15(9)5-6(2)3/h6H,4-5H2,1-3H3,(H,13,16). The topological polar surface area (TPSA) is 59.4 Å². The molecule has 2 aromatic heterocycles. The fourth-order valence-electron chi connectivity index (χ4n) is 1.64. The molecule has 2 aromatic rings. The second kappa shape index (κ2) is 5.05. The zero-order valence-corrected chi connectivity index (χ0v) is 11.7. The van der Waals surface area contributed by atoms with Gasteiger partial charge in [0, 0.05) is 6.54 Å². The van der Waals surface area contributed by atoms with Gasteiger partial charge in [-0.15, -0.1) is 5.10 Å². The summed E-state index contributed by atoms with van der Waals surface area (Å²) in [4.78, 5) is 1.01. The van der Waals surface area contributed by atoms with E-state index < -0.39 is 0 Å². The van der Waals surface area contributed by atoms with E-state index in [1.165, 1.54) is 11.5 Å². The molecule has 0 fully saturated rings. The summed E-state index contributed by atoms with van der Waals surface area (Å²) in [5.41, 5.74) is 0.981. The minimum atomic E-state index is 0.518. The molecule has 0 aromatic carbocycles. The van der Waals surface area contributed by atoms with Crippen LogP contribution in [-0.4, -0.2) is 24.4 Å². The maximum Gasteiger partial charge on any atom is 0.195 e. The number of aromatic nitrogens is 5. The van der Waals surface area contributed by atoms with Crippen molar-refractivity contribution in [2.75, 3.05) is 0 Å². The lowest BCUT2D eigenvalue weighted by atomic mass is 10.2. The molecule has 0 amide bonds. The molecule has 92 valence electrons. The summed E-state index contributed by atoms with van der Waals surface area (Å²) in [6.07, 6.45) is 0.854. The van der Waals surface area contributed by atoms with E-state index in [1.807, 2.05) is 4.57 Å². The van der Waals surface area contributed by atoms with Gasteiger partial charge in [-0.2, -0.15) is 5.10 Å². The lowest BCUT2D eigenvalue weighted by Gasteiger charge is -2.08. The van der Waals surface area contributed by atoms with Gasteiger partial charge in [-0.05, 0) is 36.1 Å². The van der Waals surface area contributed by atoms with Gasteiger partial charge in [0.05, 0.1) is 5.69 Å². The Morgan fingerprint density at radius 3 is 2.88 bits per heavy atom. The molecule has 0 saturated carbocycles. The van der Waals surface area contributed by atoms with Crippen molar-refractivity contribution >= 4 is 23.8 Å². The number of hydrogen-bond acceptors (Lipinski definition) is 5. The first-order chi connectivity index (χ1) is 8.13. The van der Waals surface area contributed by atoms with Crippen LogP contribution in [-0.2, 0) is 13.0 Å². The Labute approximate surface area is 109 Å². The average molecular weight is 269 g/mol. The van der Waals surface area contributed by atoms with Crippen molar-refractivity contribution in [1.82, 2.24) is 24.4 Å². The summed E-state index contributed by atoms with van der Waals surface area (Å²) in [5.74, 6) is 1.37. The number of H-pyrrole nitrogens is 1. The van der Waals surface area contributed by atoms with Gasteiger partial charge in [0.2, 0.25) is 0 Å². The normalized spacial score (nSPS) is 11.3. The third-order valence-corrected chi connectivity index (χ3v) is 3.48. The predicted molar refractivity (Wildman–Crippen MR) is 70.5 cm³/mol. The van der Waals surface area contributed by atoms with Crippen molar-refractivity contribution in [2.24, 2.45) is 5.92 Å². The van der Waals surface area contributed by atoms with Crippen molar-refractivity contribution in [1.29, 1.82) is 0 Å². The highest BCUT2D eigenvalue weighted by Crippen LogP contribution is 2.25. The Hall–Kier alpha value is -1.08. The highest BCUT2D eigenvalue weighted by molar-refractivity contribution is 7.71. The second-order valence-electron chi connectivity index (χ2n) is 4.26. The Balaban J connectivity index is 2.49. The number of hydrogen-bond donors (Lipinski definition) is 1. The first-order valence-electron chi connectivity index (χ1n) is 5.60. The smallest absolute Gasteiger partial charge is 0.195 e. The number of nitrogens with zero attached hydrogens (tertiary/aromatic N) is 4. The van der Waals surface area contributed by atoms with Crippen LogP contribution in [0.2, 0.25) is 0 Å². The van der Waals surface area contributed by atoms with Crippen LogP contribution in [0, 0.1) is 10.7 Å². The second-order valence-corrected chi connectivity index (χ2v) is 5.40. The van der Waals surface area contributed by atoms with Gasteiger partial charge in [-0.1, -0.05) is 25.3 Å². The molecule has 5 nitrogen and oxygen atoms in total.